The molecule has 2 aromatic carbocycles. The summed E-state index contributed by atoms with van der Waals surface area (Å²) in [6.07, 6.45) is 2.12. The highest BCUT2D eigenvalue weighted by Gasteiger charge is 2.33. The second-order valence-electron chi connectivity index (χ2n) is 7.48. The lowest BCUT2D eigenvalue weighted by Gasteiger charge is -2.23. The third kappa shape index (κ3) is 3.68. The van der Waals surface area contributed by atoms with Crippen LogP contribution in [0.15, 0.2) is 59.4 Å². The number of amides is 1. The number of aromatic nitrogens is 3. The summed E-state index contributed by atoms with van der Waals surface area (Å²) in [6.45, 7) is 0.853. The Labute approximate surface area is 178 Å². The minimum absolute atomic E-state index is 0.105. The summed E-state index contributed by atoms with van der Waals surface area (Å²) in [6, 6.07) is 16.2. The zero-order chi connectivity index (χ0) is 20.5. The zero-order valence-corrected chi connectivity index (χ0v) is 17.5. The number of nitrogens with zero attached hydrogens (tertiary/aromatic N) is 4. The van der Waals surface area contributed by atoms with Crippen LogP contribution in [0.1, 0.15) is 18.4 Å². The molecule has 6 nitrogen and oxygen atoms in total. The SMILES string of the molecule is COc1ccc(CN(C(=O)Cn2c(-c3cscn3)nc3ccccc32)C2CC2)cc1. The number of benzene rings is 2. The van der Waals surface area contributed by atoms with E-state index in [1.54, 1.807) is 12.6 Å². The Hall–Kier alpha value is -3.19. The fourth-order valence-corrected chi connectivity index (χ4v) is 4.25. The van der Waals surface area contributed by atoms with Gasteiger partial charge in [-0.05, 0) is 42.7 Å². The number of hydrogen-bond donors (Lipinski definition) is 0. The number of para-hydroxylation sites is 2. The molecule has 30 heavy (non-hydrogen) atoms. The van der Waals surface area contributed by atoms with Crippen molar-refractivity contribution in [1.82, 2.24) is 19.4 Å². The Balaban J connectivity index is 1.44. The van der Waals surface area contributed by atoms with Gasteiger partial charge in [0.15, 0.2) is 5.82 Å². The number of ether oxygens (including phenoxy) is 1. The Morgan fingerprint density at radius 2 is 2.00 bits per heavy atom. The Morgan fingerprint density at radius 1 is 1.20 bits per heavy atom. The van der Waals surface area contributed by atoms with Crippen molar-refractivity contribution in [3.63, 3.8) is 0 Å². The molecule has 1 fully saturated rings. The predicted molar refractivity (Wildman–Crippen MR) is 117 cm³/mol. The Bertz CT molecular complexity index is 1160. The topological polar surface area (TPSA) is 60.2 Å². The summed E-state index contributed by atoms with van der Waals surface area (Å²) in [5, 5.41) is 1.97. The first-order valence-corrected chi connectivity index (χ1v) is 10.9. The lowest BCUT2D eigenvalue weighted by molar-refractivity contribution is -0.133. The maximum atomic E-state index is 13.4. The van der Waals surface area contributed by atoms with E-state index in [1.807, 2.05) is 63.4 Å². The predicted octanol–water partition coefficient (Wildman–Crippen LogP) is 4.36. The van der Waals surface area contributed by atoms with Gasteiger partial charge in [-0.2, -0.15) is 0 Å². The van der Waals surface area contributed by atoms with Crippen molar-refractivity contribution < 1.29 is 9.53 Å². The van der Waals surface area contributed by atoms with Crippen LogP contribution in [0.5, 0.6) is 5.75 Å². The molecule has 0 N–H and O–H groups in total. The van der Waals surface area contributed by atoms with Crippen LogP contribution >= 0.6 is 11.3 Å². The maximum absolute atomic E-state index is 13.4. The molecule has 2 heterocycles. The fourth-order valence-electron chi connectivity index (χ4n) is 3.71. The van der Waals surface area contributed by atoms with Gasteiger partial charge in [-0.1, -0.05) is 24.3 Å². The number of carbonyl (C=O) groups is 1. The van der Waals surface area contributed by atoms with Gasteiger partial charge in [0, 0.05) is 18.0 Å². The van der Waals surface area contributed by atoms with Crippen LogP contribution in [0.2, 0.25) is 0 Å². The molecule has 0 saturated heterocycles. The number of hydrogen-bond acceptors (Lipinski definition) is 5. The highest BCUT2D eigenvalue weighted by atomic mass is 32.1. The number of thiazole rings is 1. The van der Waals surface area contributed by atoms with Gasteiger partial charge in [0.25, 0.3) is 0 Å². The van der Waals surface area contributed by atoms with E-state index < -0.39 is 0 Å². The number of carbonyl (C=O) groups excluding carboxylic acids is 1. The lowest BCUT2D eigenvalue weighted by Crippen LogP contribution is -2.35. The number of rotatable bonds is 7. The van der Waals surface area contributed by atoms with Gasteiger partial charge in [0.1, 0.15) is 18.0 Å². The smallest absolute Gasteiger partial charge is 0.243 e. The van der Waals surface area contributed by atoms with Gasteiger partial charge >= 0.3 is 0 Å². The molecule has 1 saturated carbocycles. The monoisotopic (exact) mass is 418 g/mol. The molecule has 0 atom stereocenters. The van der Waals surface area contributed by atoms with Gasteiger partial charge in [-0.15, -0.1) is 11.3 Å². The van der Waals surface area contributed by atoms with E-state index in [1.165, 1.54) is 11.3 Å². The number of imidazole rings is 1. The molecule has 0 bridgehead atoms. The standard InChI is InChI=1S/C23H22N4O2S/c1-29-18-10-6-16(7-11-18)12-26(17-8-9-17)22(28)13-27-21-5-3-2-4-19(21)25-23(27)20-14-30-15-24-20/h2-7,10-11,14-15,17H,8-9,12-13H2,1H3. The van der Waals surface area contributed by atoms with Crippen LogP contribution in [-0.4, -0.2) is 38.5 Å². The molecule has 1 amide bonds. The Morgan fingerprint density at radius 3 is 2.70 bits per heavy atom. The van der Waals surface area contributed by atoms with Crippen LogP contribution in [0.3, 0.4) is 0 Å². The molecule has 0 aliphatic heterocycles. The van der Waals surface area contributed by atoms with E-state index in [4.69, 9.17) is 9.72 Å². The van der Waals surface area contributed by atoms with E-state index in [9.17, 15) is 4.79 Å². The highest BCUT2D eigenvalue weighted by Crippen LogP contribution is 2.30. The third-order valence-corrected chi connectivity index (χ3v) is 6.02. The molecule has 4 aromatic rings. The molecule has 7 heteroatoms. The molecule has 2 aromatic heterocycles. The van der Waals surface area contributed by atoms with E-state index in [0.717, 1.165) is 46.7 Å². The molecule has 5 rings (SSSR count). The summed E-state index contributed by atoms with van der Waals surface area (Å²) in [7, 11) is 1.66. The highest BCUT2D eigenvalue weighted by molar-refractivity contribution is 7.07. The van der Waals surface area contributed by atoms with Gasteiger partial charge in [0.05, 0.1) is 23.7 Å². The quantitative estimate of drug-likeness (QED) is 0.447. The van der Waals surface area contributed by atoms with Crippen molar-refractivity contribution in [2.45, 2.75) is 32.0 Å². The van der Waals surface area contributed by atoms with E-state index in [0.29, 0.717) is 12.6 Å². The van der Waals surface area contributed by atoms with Crippen LogP contribution in [0.25, 0.3) is 22.6 Å². The molecular formula is C23H22N4O2S. The van der Waals surface area contributed by atoms with Crippen molar-refractivity contribution in [3.8, 4) is 17.3 Å². The van der Waals surface area contributed by atoms with Crippen LogP contribution < -0.4 is 4.74 Å². The number of methoxy groups -OCH3 is 1. The molecule has 152 valence electrons. The molecule has 1 aliphatic carbocycles. The van der Waals surface area contributed by atoms with Crippen molar-refractivity contribution >= 4 is 28.3 Å². The van der Waals surface area contributed by atoms with Gasteiger partial charge in [0.2, 0.25) is 5.91 Å². The molecule has 0 spiro atoms. The Kier molecular flexibility index (Phi) is 4.96. The summed E-state index contributed by atoms with van der Waals surface area (Å²) in [5.41, 5.74) is 5.53. The largest absolute Gasteiger partial charge is 0.497 e. The first-order chi connectivity index (χ1) is 14.7. The van der Waals surface area contributed by atoms with Gasteiger partial charge in [-0.25, -0.2) is 9.97 Å². The van der Waals surface area contributed by atoms with Gasteiger partial charge < -0.3 is 14.2 Å². The molecule has 0 unspecified atom stereocenters. The maximum Gasteiger partial charge on any atom is 0.243 e. The van der Waals surface area contributed by atoms with E-state index >= 15 is 0 Å². The minimum Gasteiger partial charge on any atom is -0.497 e. The first-order valence-electron chi connectivity index (χ1n) is 9.99. The average Bonchev–Trinajstić information content (AvgIpc) is 3.34. The first kappa shape index (κ1) is 18.8. The third-order valence-electron chi connectivity index (χ3n) is 5.43. The summed E-state index contributed by atoms with van der Waals surface area (Å²) >= 11 is 1.53. The zero-order valence-electron chi connectivity index (χ0n) is 16.7. The molecular weight excluding hydrogens is 396 g/mol. The van der Waals surface area contributed by atoms with Crippen molar-refractivity contribution in [3.05, 3.63) is 65.0 Å². The van der Waals surface area contributed by atoms with Crippen LogP contribution in [0, 0.1) is 0 Å². The molecule has 1 aliphatic rings. The summed E-state index contributed by atoms with van der Waals surface area (Å²) < 4.78 is 7.24. The van der Waals surface area contributed by atoms with Crippen LogP contribution in [-0.2, 0) is 17.9 Å². The van der Waals surface area contributed by atoms with E-state index in [2.05, 4.69) is 4.98 Å². The average molecular weight is 419 g/mol. The normalized spacial score (nSPS) is 13.5. The van der Waals surface area contributed by atoms with E-state index in [-0.39, 0.29) is 12.5 Å². The summed E-state index contributed by atoms with van der Waals surface area (Å²) in [4.78, 5) is 24.6. The van der Waals surface area contributed by atoms with Crippen molar-refractivity contribution in [1.29, 1.82) is 0 Å². The van der Waals surface area contributed by atoms with Crippen molar-refractivity contribution in [2.24, 2.45) is 0 Å². The van der Waals surface area contributed by atoms with Crippen molar-refractivity contribution in [2.75, 3.05) is 7.11 Å². The second kappa shape index (κ2) is 7.91. The van der Waals surface area contributed by atoms with Crippen LogP contribution in [0.4, 0.5) is 0 Å². The molecule has 0 radical (unpaired) electrons. The lowest BCUT2D eigenvalue weighted by atomic mass is 10.2. The van der Waals surface area contributed by atoms with Gasteiger partial charge in [-0.3, -0.25) is 4.79 Å². The number of fused-ring (bicyclic) bond motifs is 1. The summed E-state index contributed by atoms with van der Waals surface area (Å²) in [5.74, 6) is 1.67. The minimum atomic E-state index is 0.105. The second-order valence-corrected chi connectivity index (χ2v) is 8.20. The fraction of sp³-hybridized carbons (Fsp3) is 0.261.